The molecule has 92 valence electrons. The van der Waals surface area contributed by atoms with Gasteiger partial charge in [-0.1, -0.05) is 25.1 Å². The molecule has 0 saturated heterocycles. The minimum Gasteiger partial charge on any atom is -0.487 e. The molecule has 2 nitrogen and oxygen atoms in total. The van der Waals surface area contributed by atoms with Crippen LogP contribution in [0.15, 0.2) is 24.3 Å². The fourth-order valence-corrected chi connectivity index (χ4v) is 3.18. The highest BCUT2D eigenvalue weighted by Gasteiger charge is 2.42. The first-order valence-electron chi connectivity index (χ1n) is 6.65. The minimum atomic E-state index is -0.353. The summed E-state index contributed by atoms with van der Waals surface area (Å²) in [5, 5.41) is 10.3. The van der Waals surface area contributed by atoms with Crippen molar-refractivity contribution in [3.8, 4) is 5.75 Å². The summed E-state index contributed by atoms with van der Waals surface area (Å²) < 4.78 is 6.22. The molecule has 0 aromatic heterocycles. The fourth-order valence-electron chi connectivity index (χ4n) is 3.18. The summed E-state index contributed by atoms with van der Waals surface area (Å²) in [5.41, 5.74) is 0.858. The van der Waals surface area contributed by atoms with Crippen LogP contribution in [0, 0.1) is 5.92 Å². The van der Waals surface area contributed by atoms with Gasteiger partial charge in [-0.2, -0.15) is 0 Å². The molecular formula is C15H20O2. The summed E-state index contributed by atoms with van der Waals surface area (Å²) in [6.07, 6.45) is 5.01. The van der Waals surface area contributed by atoms with E-state index in [9.17, 15) is 5.11 Å². The maximum atomic E-state index is 10.3. The van der Waals surface area contributed by atoms with E-state index in [1.165, 1.54) is 12.8 Å². The van der Waals surface area contributed by atoms with Gasteiger partial charge < -0.3 is 9.84 Å². The Kier molecular flexibility index (Phi) is 2.62. The predicted octanol–water partition coefficient (Wildman–Crippen LogP) is 3.45. The molecule has 1 saturated carbocycles. The Morgan fingerprint density at radius 1 is 1.24 bits per heavy atom. The Labute approximate surface area is 103 Å². The lowest BCUT2D eigenvalue weighted by atomic mass is 9.74. The molecule has 17 heavy (non-hydrogen) atoms. The third kappa shape index (κ3) is 1.95. The van der Waals surface area contributed by atoms with E-state index in [1.54, 1.807) is 0 Å². The first kappa shape index (κ1) is 11.1. The number of aliphatic hydroxyl groups is 1. The normalized spacial score (nSPS) is 36.4. The molecule has 1 aromatic carbocycles. The SMILES string of the molecule is CC1CCC2(CC1)C[C@H](O)c1ccccc1O2. The van der Waals surface area contributed by atoms with Crippen molar-refractivity contribution in [1.82, 2.24) is 0 Å². The van der Waals surface area contributed by atoms with E-state index >= 15 is 0 Å². The number of benzene rings is 1. The van der Waals surface area contributed by atoms with Crippen molar-refractivity contribution in [3.05, 3.63) is 29.8 Å². The smallest absolute Gasteiger partial charge is 0.125 e. The lowest BCUT2D eigenvalue weighted by Gasteiger charge is -2.44. The topological polar surface area (TPSA) is 29.5 Å². The van der Waals surface area contributed by atoms with Crippen LogP contribution in [0.1, 0.15) is 50.7 Å². The molecule has 1 N–H and O–H groups in total. The molecule has 0 unspecified atom stereocenters. The second kappa shape index (κ2) is 4.02. The van der Waals surface area contributed by atoms with E-state index in [-0.39, 0.29) is 11.7 Å². The van der Waals surface area contributed by atoms with Crippen LogP contribution in [0.5, 0.6) is 5.75 Å². The highest BCUT2D eigenvalue weighted by Crippen LogP contribution is 2.46. The molecule has 0 bridgehead atoms. The van der Waals surface area contributed by atoms with Gasteiger partial charge >= 0.3 is 0 Å². The second-order valence-corrected chi connectivity index (χ2v) is 5.73. The van der Waals surface area contributed by atoms with E-state index < -0.39 is 0 Å². The predicted molar refractivity (Wildman–Crippen MR) is 67.0 cm³/mol. The molecule has 1 spiro atoms. The Bertz CT molecular complexity index is 405. The van der Waals surface area contributed by atoms with E-state index in [2.05, 4.69) is 6.92 Å². The molecule has 0 amide bonds. The van der Waals surface area contributed by atoms with Gasteiger partial charge in [0.05, 0.1) is 6.10 Å². The van der Waals surface area contributed by atoms with Crippen LogP contribution in [0.25, 0.3) is 0 Å². The fraction of sp³-hybridized carbons (Fsp3) is 0.600. The number of para-hydroxylation sites is 1. The van der Waals surface area contributed by atoms with Crippen molar-refractivity contribution in [1.29, 1.82) is 0 Å². The summed E-state index contributed by atoms with van der Waals surface area (Å²) >= 11 is 0. The number of hydrogen-bond acceptors (Lipinski definition) is 2. The maximum Gasteiger partial charge on any atom is 0.125 e. The molecule has 1 aliphatic carbocycles. The molecule has 2 aliphatic rings. The molecule has 1 atom stereocenters. The van der Waals surface area contributed by atoms with Crippen molar-refractivity contribution >= 4 is 0 Å². The van der Waals surface area contributed by atoms with Gasteiger partial charge in [0, 0.05) is 12.0 Å². The Hall–Kier alpha value is -1.02. The van der Waals surface area contributed by atoms with Gasteiger partial charge in [-0.3, -0.25) is 0 Å². The summed E-state index contributed by atoms with van der Waals surface area (Å²) in [6.45, 7) is 2.31. The summed E-state index contributed by atoms with van der Waals surface area (Å²) in [4.78, 5) is 0. The highest BCUT2D eigenvalue weighted by molar-refractivity contribution is 5.38. The van der Waals surface area contributed by atoms with Gasteiger partial charge in [0.1, 0.15) is 11.4 Å². The molecular weight excluding hydrogens is 212 g/mol. The zero-order valence-corrected chi connectivity index (χ0v) is 10.4. The van der Waals surface area contributed by atoms with Gasteiger partial charge in [0.2, 0.25) is 0 Å². The van der Waals surface area contributed by atoms with Gasteiger partial charge in [-0.15, -0.1) is 0 Å². The van der Waals surface area contributed by atoms with Crippen LogP contribution < -0.4 is 4.74 Å². The molecule has 1 aromatic rings. The molecule has 3 rings (SSSR count). The minimum absolute atomic E-state index is 0.0969. The Morgan fingerprint density at radius 3 is 2.71 bits per heavy atom. The standard InChI is InChI=1S/C15H20O2/c1-11-6-8-15(9-7-11)10-13(16)12-4-2-3-5-14(12)17-15/h2-5,11,13,16H,6-10H2,1H3/t11?,13-,15?/m0/s1. The second-order valence-electron chi connectivity index (χ2n) is 5.73. The number of fused-ring (bicyclic) bond motifs is 1. The third-order valence-corrected chi connectivity index (χ3v) is 4.36. The third-order valence-electron chi connectivity index (χ3n) is 4.36. The average Bonchev–Trinajstić information content (AvgIpc) is 2.34. The lowest BCUT2D eigenvalue weighted by molar-refractivity contribution is -0.0454. The first-order valence-corrected chi connectivity index (χ1v) is 6.65. The molecule has 0 radical (unpaired) electrons. The zero-order chi connectivity index (χ0) is 11.9. The molecule has 2 heteroatoms. The van der Waals surface area contributed by atoms with E-state index in [0.29, 0.717) is 0 Å². The van der Waals surface area contributed by atoms with Crippen LogP contribution in [0.2, 0.25) is 0 Å². The number of aliphatic hydroxyl groups excluding tert-OH is 1. The van der Waals surface area contributed by atoms with Crippen LogP contribution >= 0.6 is 0 Å². The van der Waals surface area contributed by atoms with E-state index in [1.807, 2.05) is 24.3 Å². The highest BCUT2D eigenvalue weighted by atomic mass is 16.5. The number of ether oxygens (including phenoxy) is 1. The Morgan fingerprint density at radius 2 is 1.94 bits per heavy atom. The summed E-state index contributed by atoms with van der Waals surface area (Å²) in [7, 11) is 0. The van der Waals surface area contributed by atoms with Gasteiger partial charge in [-0.05, 0) is 37.7 Å². The maximum absolute atomic E-state index is 10.3. The van der Waals surface area contributed by atoms with Crippen LogP contribution in [0.3, 0.4) is 0 Å². The van der Waals surface area contributed by atoms with Crippen LogP contribution in [-0.2, 0) is 0 Å². The quantitative estimate of drug-likeness (QED) is 0.742. The van der Waals surface area contributed by atoms with Crippen LogP contribution in [-0.4, -0.2) is 10.7 Å². The van der Waals surface area contributed by atoms with Crippen molar-refractivity contribution in [3.63, 3.8) is 0 Å². The van der Waals surface area contributed by atoms with Crippen molar-refractivity contribution < 1.29 is 9.84 Å². The van der Waals surface area contributed by atoms with Crippen molar-refractivity contribution in [2.45, 2.75) is 50.7 Å². The molecule has 1 fully saturated rings. The molecule has 1 aliphatic heterocycles. The van der Waals surface area contributed by atoms with E-state index in [4.69, 9.17) is 4.74 Å². The lowest BCUT2D eigenvalue weighted by Crippen LogP contribution is -2.43. The largest absolute Gasteiger partial charge is 0.487 e. The monoisotopic (exact) mass is 232 g/mol. The van der Waals surface area contributed by atoms with Crippen LogP contribution in [0.4, 0.5) is 0 Å². The molecule has 1 heterocycles. The van der Waals surface area contributed by atoms with Crippen molar-refractivity contribution in [2.75, 3.05) is 0 Å². The van der Waals surface area contributed by atoms with Crippen molar-refractivity contribution in [2.24, 2.45) is 5.92 Å². The summed E-state index contributed by atoms with van der Waals surface area (Å²) in [6, 6.07) is 7.90. The van der Waals surface area contributed by atoms with Gasteiger partial charge in [0.25, 0.3) is 0 Å². The summed E-state index contributed by atoms with van der Waals surface area (Å²) in [5.74, 6) is 1.69. The van der Waals surface area contributed by atoms with Gasteiger partial charge in [-0.25, -0.2) is 0 Å². The average molecular weight is 232 g/mol. The number of hydrogen-bond donors (Lipinski definition) is 1. The van der Waals surface area contributed by atoms with Gasteiger partial charge in [0.15, 0.2) is 0 Å². The van der Waals surface area contributed by atoms with E-state index in [0.717, 1.165) is 36.5 Å². The Balaban J connectivity index is 1.88. The first-order chi connectivity index (χ1) is 8.19. The zero-order valence-electron chi connectivity index (χ0n) is 10.4. The number of rotatable bonds is 0.